The van der Waals surface area contributed by atoms with Crippen LogP contribution in [0.15, 0.2) is 18.2 Å². The lowest BCUT2D eigenvalue weighted by atomic mass is 9.90. The molecule has 0 bridgehead atoms. The minimum absolute atomic E-state index is 0.0191. The highest BCUT2D eigenvalue weighted by molar-refractivity contribution is 6.31. The van der Waals surface area contributed by atoms with Gasteiger partial charge in [-0.3, -0.25) is 9.69 Å². The van der Waals surface area contributed by atoms with E-state index in [1.165, 1.54) is 19.3 Å². The fourth-order valence-corrected chi connectivity index (χ4v) is 3.86. The molecule has 1 N–H and O–H groups in total. The van der Waals surface area contributed by atoms with E-state index in [4.69, 9.17) is 21.1 Å². The van der Waals surface area contributed by atoms with Crippen molar-refractivity contribution in [1.82, 2.24) is 4.90 Å². The van der Waals surface area contributed by atoms with Crippen molar-refractivity contribution in [2.75, 3.05) is 32.1 Å². The molecule has 1 heterocycles. The van der Waals surface area contributed by atoms with E-state index in [0.717, 1.165) is 26.1 Å². The Morgan fingerprint density at radius 2 is 2.25 bits per heavy atom. The van der Waals surface area contributed by atoms with E-state index in [2.05, 4.69) is 10.2 Å². The van der Waals surface area contributed by atoms with Gasteiger partial charge in [-0.2, -0.15) is 0 Å². The summed E-state index contributed by atoms with van der Waals surface area (Å²) in [5, 5.41) is 3.48. The number of nitrogens with zero attached hydrogens (tertiary/aromatic N) is 1. The summed E-state index contributed by atoms with van der Waals surface area (Å²) in [4.78, 5) is 14.7. The molecule has 3 rings (SSSR count). The van der Waals surface area contributed by atoms with Gasteiger partial charge in [0.05, 0.1) is 25.5 Å². The number of anilines is 1. The summed E-state index contributed by atoms with van der Waals surface area (Å²) >= 11 is 6.00. The van der Waals surface area contributed by atoms with Crippen LogP contribution in [0.1, 0.15) is 32.1 Å². The summed E-state index contributed by atoms with van der Waals surface area (Å²) in [5.74, 6) is 0.598. The third-order valence-corrected chi connectivity index (χ3v) is 5.14. The average molecular weight is 353 g/mol. The molecule has 1 aromatic rings. The van der Waals surface area contributed by atoms with Gasteiger partial charge >= 0.3 is 0 Å². The van der Waals surface area contributed by atoms with Gasteiger partial charge in [0.2, 0.25) is 5.91 Å². The molecule has 0 unspecified atom stereocenters. The van der Waals surface area contributed by atoms with Crippen LogP contribution in [-0.4, -0.2) is 49.8 Å². The summed E-state index contributed by atoms with van der Waals surface area (Å²) in [6, 6.07) is 5.69. The maximum absolute atomic E-state index is 12.3. The Kier molecular flexibility index (Phi) is 5.98. The second kappa shape index (κ2) is 8.19. The first-order chi connectivity index (χ1) is 11.7. The minimum Gasteiger partial charge on any atom is -0.495 e. The van der Waals surface area contributed by atoms with Crippen molar-refractivity contribution in [3.8, 4) is 5.75 Å². The first kappa shape index (κ1) is 17.5. The van der Waals surface area contributed by atoms with Crippen molar-refractivity contribution < 1.29 is 14.3 Å². The number of fused-ring (bicyclic) bond motifs is 1. The molecule has 24 heavy (non-hydrogen) atoms. The quantitative estimate of drug-likeness (QED) is 0.883. The van der Waals surface area contributed by atoms with Crippen LogP contribution in [0.4, 0.5) is 5.69 Å². The van der Waals surface area contributed by atoms with Gasteiger partial charge in [0.1, 0.15) is 5.75 Å². The highest BCUT2D eigenvalue weighted by atomic mass is 35.5. The Hall–Kier alpha value is -1.30. The number of hydrogen-bond acceptors (Lipinski definition) is 4. The Morgan fingerprint density at radius 3 is 3.08 bits per heavy atom. The lowest BCUT2D eigenvalue weighted by molar-refractivity contribution is -0.118. The van der Waals surface area contributed by atoms with E-state index in [9.17, 15) is 4.79 Å². The van der Waals surface area contributed by atoms with Crippen molar-refractivity contribution >= 4 is 23.2 Å². The van der Waals surface area contributed by atoms with E-state index >= 15 is 0 Å². The Labute approximate surface area is 148 Å². The molecule has 132 valence electrons. The van der Waals surface area contributed by atoms with Gasteiger partial charge in [0.15, 0.2) is 0 Å². The van der Waals surface area contributed by atoms with E-state index in [0.29, 0.717) is 35.0 Å². The molecule has 1 aliphatic carbocycles. The average Bonchev–Trinajstić information content (AvgIpc) is 2.60. The Bertz CT molecular complexity index is 579. The third-order valence-electron chi connectivity index (χ3n) is 4.91. The van der Waals surface area contributed by atoms with Crippen molar-refractivity contribution in [2.45, 2.75) is 44.2 Å². The maximum Gasteiger partial charge on any atom is 0.225 e. The molecule has 5 nitrogen and oxygen atoms in total. The largest absolute Gasteiger partial charge is 0.495 e. The number of amides is 1. The smallest absolute Gasteiger partial charge is 0.225 e. The second-order valence-corrected chi connectivity index (χ2v) is 6.88. The van der Waals surface area contributed by atoms with Crippen molar-refractivity contribution in [2.24, 2.45) is 0 Å². The highest BCUT2D eigenvalue weighted by Gasteiger charge is 2.33. The number of carbonyl (C=O) groups is 1. The molecule has 1 aromatic carbocycles. The number of carbonyl (C=O) groups excluding carboxylic acids is 1. The fraction of sp³-hybridized carbons (Fsp3) is 0.611. The number of ether oxygens (including phenoxy) is 2. The summed E-state index contributed by atoms with van der Waals surface area (Å²) in [6.45, 7) is 2.44. The summed E-state index contributed by atoms with van der Waals surface area (Å²) in [7, 11) is 1.58. The number of nitrogens with one attached hydrogen (secondary N) is 1. The number of halogens is 1. The SMILES string of the molecule is COc1ccc(Cl)cc1NC(=O)CCN1CCO[C@H]2CCCC[C@H]21. The van der Waals surface area contributed by atoms with Gasteiger partial charge in [-0.25, -0.2) is 0 Å². The number of hydrogen-bond donors (Lipinski definition) is 1. The normalized spacial score (nSPS) is 24.2. The van der Waals surface area contributed by atoms with Crippen LogP contribution in [0, 0.1) is 0 Å². The van der Waals surface area contributed by atoms with Crippen molar-refractivity contribution in [3.63, 3.8) is 0 Å². The number of benzene rings is 1. The zero-order chi connectivity index (χ0) is 16.9. The summed E-state index contributed by atoms with van der Waals surface area (Å²) in [5.41, 5.74) is 0.618. The van der Waals surface area contributed by atoms with E-state index in [-0.39, 0.29) is 5.91 Å². The third kappa shape index (κ3) is 4.21. The molecule has 6 heteroatoms. The highest BCUT2D eigenvalue weighted by Crippen LogP contribution is 2.29. The zero-order valence-electron chi connectivity index (χ0n) is 14.1. The van der Waals surface area contributed by atoms with Crippen LogP contribution in [0.5, 0.6) is 5.75 Å². The monoisotopic (exact) mass is 352 g/mol. The van der Waals surface area contributed by atoms with E-state index in [1.54, 1.807) is 25.3 Å². The van der Waals surface area contributed by atoms with Crippen LogP contribution in [0.3, 0.4) is 0 Å². The predicted molar refractivity (Wildman–Crippen MR) is 94.8 cm³/mol. The zero-order valence-corrected chi connectivity index (χ0v) is 14.8. The van der Waals surface area contributed by atoms with Gasteiger partial charge in [0, 0.05) is 30.6 Å². The van der Waals surface area contributed by atoms with Gasteiger partial charge in [0.25, 0.3) is 0 Å². The molecule has 1 aliphatic heterocycles. The predicted octanol–water partition coefficient (Wildman–Crippen LogP) is 3.32. The molecule has 0 aromatic heterocycles. The van der Waals surface area contributed by atoms with Crippen LogP contribution in [-0.2, 0) is 9.53 Å². The maximum atomic E-state index is 12.3. The second-order valence-electron chi connectivity index (χ2n) is 6.44. The molecule has 2 aliphatic rings. The van der Waals surface area contributed by atoms with Crippen LogP contribution in [0.25, 0.3) is 0 Å². The standard InChI is InChI=1S/C18H25ClN2O3/c1-23-16-7-6-13(19)12-14(16)20-18(22)8-9-21-10-11-24-17-5-3-2-4-15(17)21/h6-7,12,15,17H,2-5,8-11H2,1H3,(H,20,22)/t15-,17+/m1/s1. The van der Waals surface area contributed by atoms with Crippen LogP contribution >= 0.6 is 11.6 Å². The Balaban J connectivity index is 1.54. The number of methoxy groups -OCH3 is 1. The van der Waals surface area contributed by atoms with Crippen molar-refractivity contribution in [3.05, 3.63) is 23.2 Å². The molecule has 1 amide bonds. The number of rotatable bonds is 5. The molecule has 0 radical (unpaired) electrons. The summed E-state index contributed by atoms with van der Waals surface area (Å²) < 4.78 is 11.2. The lowest BCUT2D eigenvalue weighted by Crippen LogP contribution is -2.53. The first-order valence-electron chi connectivity index (χ1n) is 8.66. The minimum atomic E-state index is -0.0191. The van der Waals surface area contributed by atoms with Gasteiger partial charge < -0.3 is 14.8 Å². The molecule has 2 fully saturated rings. The van der Waals surface area contributed by atoms with Gasteiger partial charge in [-0.15, -0.1) is 0 Å². The Morgan fingerprint density at radius 1 is 1.42 bits per heavy atom. The molecular weight excluding hydrogens is 328 g/mol. The molecule has 2 atom stereocenters. The van der Waals surface area contributed by atoms with Crippen LogP contribution in [0.2, 0.25) is 5.02 Å². The summed E-state index contributed by atoms with van der Waals surface area (Å²) in [6.07, 6.45) is 5.64. The lowest BCUT2D eigenvalue weighted by Gasteiger charge is -2.43. The van der Waals surface area contributed by atoms with E-state index in [1.807, 2.05) is 0 Å². The fourth-order valence-electron chi connectivity index (χ4n) is 3.69. The molecule has 1 saturated carbocycles. The molecular formula is C18H25ClN2O3. The number of morpholine rings is 1. The van der Waals surface area contributed by atoms with Crippen molar-refractivity contribution in [1.29, 1.82) is 0 Å². The topological polar surface area (TPSA) is 50.8 Å². The molecule has 1 saturated heterocycles. The van der Waals surface area contributed by atoms with E-state index < -0.39 is 0 Å². The van der Waals surface area contributed by atoms with Gasteiger partial charge in [-0.1, -0.05) is 24.4 Å². The first-order valence-corrected chi connectivity index (χ1v) is 9.04. The molecule has 0 spiro atoms. The van der Waals surface area contributed by atoms with Crippen LogP contribution < -0.4 is 10.1 Å². The van der Waals surface area contributed by atoms with Gasteiger partial charge in [-0.05, 0) is 31.0 Å².